The van der Waals surface area contributed by atoms with Crippen LogP contribution in [0.5, 0.6) is 0 Å². The van der Waals surface area contributed by atoms with E-state index in [-0.39, 0.29) is 41.3 Å². The van der Waals surface area contributed by atoms with E-state index in [1.165, 1.54) is 19.3 Å². The maximum absolute atomic E-state index is 12.7. The second kappa shape index (κ2) is 6.53. The van der Waals surface area contributed by atoms with Crippen molar-refractivity contribution >= 4 is 18.3 Å². The van der Waals surface area contributed by atoms with Crippen LogP contribution >= 0.6 is 12.4 Å². The van der Waals surface area contributed by atoms with Crippen LogP contribution in [0.1, 0.15) is 59.3 Å². The number of rotatable bonds is 3. The van der Waals surface area contributed by atoms with E-state index in [4.69, 9.17) is 10.5 Å². The number of hydrogen-bond acceptors (Lipinski definition) is 3. The molecule has 0 aromatic carbocycles. The summed E-state index contributed by atoms with van der Waals surface area (Å²) in [6.45, 7) is 6.52. The number of methoxy groups -OCH3 is 1. The zero-order chi connectivity index (χ0) is 16.1. The van der Waals surface area contributed by atoms with Gasteiger partial charge in [-0.1, -0.05) is 20.3 Å². The largest absolute Gasteiger partial charge is 0.378 e. The molecule has 3 N–H and O–H groups in total. The first-order chi connectivity index (χ1) is 10.3. The van der Waals surface area contributed by atoms with Crippen molar-refractivity contribution in [3.05, 3.63) is 0 Å². The fourth-order valence-corrected chi connectivity index (χ4v) is 5.02. The molecular weight excluding hydrogens is 312 g/mol. The normalized spacial score (nSPS) is 44.7. The molecule has 0 heterocycles. The van der Waals surface area contributed by atoms with Crippen molar-refractivity contribution in [2.24, 2.45) is 28.9 Å². The molecule has 23 heavy (non-hydrogen) atoms. The van der Waals surface area contributed by atoms with Gasteiger partial charge < -0.3 is 15.8 Å². The van der Waals surface area contributed by atoms with Gasteiger partial charge in [0.15, 0.2) is 0 Å². The standard InChI is InChI=1S/C18H32N2O2.ClH/c1-17(2)14(10-18(17,3)22-4)20-16(21)13-8-11-6-5-7-12(9-13)15(11)19;/h11-15H,5-10,19H2,1-4H3,(H,20,21);1H. The molecular formula is C18H33ClN2O2. The van der Waals surface area contributed by atoms with Crippen LogP contribution in [0.25, 0.3) is 0 Å². The quantitative estimate of drug-likeness (QED) is 0.827. The van der Waals surface area contributed by atoms with Gasteiger partial charge in [0.1, 0.15) is 0 Å². The molecule has 0 radical (unpaired) electrons. The summed E-state index contributed by atoms with van der Waals surface area (Å²) >= 11 is 0. The zero-order valence-electron chi connectivity index (χ0n) is 14.9. The van der Waals surface area contributed by atoms with Crippen LogP contribution in [0, 0.1) is 23.2 Å². The van der Waals surface area contributed by atoms with E-state index >= 15 is 0 Å². The van der Waals surface area contributed by atoms with Crippen LogP contribution in [-0.2, 0) is 9.53 Å². The molecule has 0 saturated heterocycles. The number of carbonyl (C=O) groups excluding carboxylic acids is 1. The number of nitrogens with one attached hydrogen (secondary N) is 1. The van der Waals surface area contributed by atoms with Crippen LogP contribution in [0.15, 0.2) is 0 Å². The average molecular weight is 345 g/mol. The first-order valence-corrected chi connectivity index (χ1v) is 8.89. The summed E-state index contributed by atoms with van der Waals surface area (Å²) in [6, 6.07) is 0.551. The minimum Gasteiger partial charge on any atom is -0.378 e. The molecule has 2 bridgehead atoms. The lowest BCUT2D eigenvalue weighted by Gasteiger charge is -2.59. The zero-order valence-corrected chi connectivity index (χ0v) is 15.7. The van der Waals surface area contributed by atoms with Crippen LogP contribution in [0.2, 0.25) is 0 Å². The maximum atomic E-state index is 12.7. The number of ether oxygens (including phenoxy) is 1. The Labute approximate surface area is 146 Å². The molecule has 4 unspecified atom stereocenters. The van der Waals surface area contributed by atoms with Crippen LogP contribution in [-0.4, -0.2) is 30.7 Å². The number of carbonyl (C=O) groups is 1. The third-order valence-electron chi connectivity index (χ3n) is 7.38. The molecule has 4 atom stereocenters. The van der Waals surface area contributed by atoms with E-state index in [1.807, 2.05) is 0 Å². The van der Waals surface area contributed by atoms with Crippen LogP contribution in [0.4, 0.5) is 0 Å². The van der Waals surface area contributed by atoms with E-state index in [9.17, 15) is 4.79 Å². The Hall–Kier alpha value is -0.320. The SMILES string of the molecule is COC1(C)CC(NC(=O)C2CC3CCCC(C2)C3N)C1(C)C.Cl. The van der Waals surface area contributed by atoms with Gasteiger partial charge in [0, 0.05) is 30.5 Å². The summed E-state index contributed by atoms with van der Waals surface area (Å²) in [7, 11) is 1.77. The third kappa shape index (κ3) is 3.03. The minimum atomic E-state index is -0.129. The van der Waals surface area contributed by atoms with Gasteiger partial charge in [-0.05, 0) is 50.9 Å². The van der Waals surface area contributed by atoms with E-state index in [0.29, 0.717) is 17.9 Å². The Morgan fingerprint density at radius 3 is 2.22 bits per heavy atom. The lowest BCUT2D eigenvalue weighted by Crippen LogP contribution is -2.69. The topological polar surface area (TPSA) is 64.3 Å². The minimum absolute atomic E-state index is 0. The van der Waals surface area contributed by atoms with Crippen molar-refractivity contribution < 1.29 is 9.53 Å². The highest BCUT2D eigenvalue weighted by molar-refractivity contribution is 5.85. The predicted octanol–water partition coefficient (Wildman–Crippen LogP) is 2.88. The Bertz CT molecular complexity index is 442. The van der Waals surface area contributed by atoms with Crippen molar-refractivity contribution in [2.45, 2.75) is 77.0 Å². The number of hydrogen-bond donors (Lipinski definition) is 2. The Kier molecular flexibility index (Phi) is 5.40. The fraction of sp³-hybridized carbons (Fsp3) is 0.944. The molecule has 3 aliphatic carbocycles. The summed E-state index contributed by atoms with van der Waals surface area (Å²) in [5.74, 6) is 1.53. The second-order valence-corrected chi connectivity index (χ2v) is 8.62. The van der Waals surface area contributed by atoms with Gasteiger partial charge in [0.25, 0.3) is 0 Å². The molecule has 3 fully saturated rings. The van der Waals surface area contributed by atoms with Crippen molar-refractivity contribution in [1.82, 2.24) is 5.32 Å². The molecule has 0 spiro atoms. The molecule has 0 aromatic rings. The van der Waals surface area contributed by atoms with E-state index in [2.05, 4.69) is 26.1 Å². The third-order valence-corrected chi connectivity index (χ3v) is 7.38. The molecule has 5 heteroatoms. The smallest absolute Gasteiger partial charge is 0.223 e. The first kappa shape index (κ1) is 19.0. The number of amides is 1. The molecule has 0 aromatic heterocycles. The summed E-state index contributed by atoms with van der Waals surface area (Å²) in [6.07, 6.45) is 6.58. The van der Waals surface area contributed by atoms with Crippen molar-refractivity contribution in [3.63, 3.8) is 0 Å². The number of nitrogens with two attached hydrogens (primary N) is 1. The van der Waals surface area contributed by atoms with E-state index in [0.717, 1.165) is 19.3 Å². The van der Waals surface area contributed by atoms with Gasteiger partial charge in [0.05, 0.1) is 5.60 Å². The first-order valence-electron chi connectivity index (χ1n) is 8.89. The summed E-state index contributed by atoms with van der Waals surface area (Å²) in [5.41, 5.74) is 6.19. The van der Waals surface area contributed by atoms with Crippen molar-refractivity contribution in [2.75, 3.05) is 7.11 Å². The molecule has 1 amide bonds. The van der Waals surface area contributed by atoms with Gasteiger partial charge in [-0.15, -0.1) is 12.4 Å². The van der Waals surface area contributed by atoms with Gasteiger partial charge in [-0.3, -0.25) is 4.79 Å². The van der Waals surface area contributed by atoms with Crippen LogP contribution < -0.4 is 11.1 Å². The maximum Gasteiger partial charge on any atom is 0.223 e. The molecule has 3 aliphatic rings. The molecule has 4 nitrogen and oxygen atoms in total. The van der Waals surface area contributed by atoms with Crippen molar-refractivity contribution in [3.8, 4) is 0 Å². The number of fused-ring (bicyclic) bond motifs is 2. The van der Waals surface area contributed by atoms with E-state index in [1.54, 1.807) is 7.11 Å². The fourth-order valence-electron chi connectivity index (χ4n) is 5.02. The Morgan fingerprint density at radius 2 is 1.74 bits per heavy atom. The number of halogens is 1. The highest BCUT2D eigenvalue weighted by Crippen LogP contribution is 2.51. The summed E-state index contributed by atoms with van der Waals surface area (Å²) in [5, 5.41) is 3.31. The Balaban J connectivity index is 0.00000192. The highest BCUT2D eigenvalue weighted by Gasteiger charge is 2.58. The van der Waals surface area contributed by atoms with E-state index < -0.39 is 0 Å². The van der Waals surface area contributed by atoms with Gasteiger partial charge in [0.2, 0.25) is 5.91 Å². The summed E-state index contributed by atoms with van der Waals surface area (Å²) < 4.78 is 5.65. The average Bonchev–Trinajstić information content (AvgIpc) is 2.46. The molecule has 3 saturated carbocycles. The molecule has 0 aliphatic heterocycles. The lowest BCUT2D eigenvalue weighted by molar-refractivity contribution is -0.183. The predicted molar refractivity (Wildman–Crippen MR) is 94.5 cm³/mol. The Morgan fingerprint density at radius 1 is 1.17 bits per heavy atom. The van der Waals surface area contributed by atoms with Crippen molar-refractivity contribution in [1.29, 1.82) is 0 Å². The lowest BCUT2D eigenvalue weighted by atomic mass is 9.55. The van der Waals surface area contributed by atoms with Gasteiger partial charge in [-0.2, -0.15) is 0 Å². The summed E-state index contributed by atoms with van der Waals surface area (Å²) in [4.78, 5) is 12.7. The van der Waals surface area contributed by atoms with Crippen LogP contribution in [0.3, 0.4) is 0 Å². The molecule has 134 valence electrons. The second-order valence-electron chi connectivity index (χ2n) is 8.62. The van der Waals surface area contributed by atoms with Gasteiger partial charge >= 0.3 is 0 Å². The highest BCUT2D eigenvalue weighted by atomic mass is 35.5. The molecule has 3 rings (SSSR count). The van der Waals surface area contributed by atoms with Gasteiger partial charge in [-0.25, -0.2) is 0 Å². The monoisotopic (exact) mass is 344 g/mol.